The molecule has 0 unspecified atom stereocenters. The zero-order chi connectivity index (χ0) is 11.7. The number of halogens is 1. The molecule has 0 saturated heterocycles. The molecule has 0 radical (unpaired) electrons. The minimum absolute atomic E-state index is 0.860. The van der Waals surface area contributed by atoms with Gasteiger partial charge < -0.3 is 5.32 Å². The summed E-state index contributed by atoms with van der Waals surface area (Å²) in [6.45, 7) is 4.07. The number of nitrogens with one attached hydrogen (secondary N) is 1. The molecule has 2 rings (SSSR count). The number of nitrogens with zero attached hydrogens (tertiary/aromatic N) is 2. The number of anilines is 1. The maximum atomic E-state index is 4.40. The normalized spacial score (nSPS) is 10.5. The molecule has 0 saturated carbocycles. The Morgan fingerprint density at radius 1 is 1.31 bits per heavy atom. The molecular formula is C12H14BrN3. The monoisotopic (exact) mass is 279 g/mol. The van der Waals surface area contributed by atoms with Crippen molar-refractivity contribution in [3.05, 3.63) is 40.1 Å². The fraction of sp³-hybridized carbons (Fsp3) is 0.250. The highest BCUT2D eigenvalue weighted by Gasteiger charge is 2.06. The lowest BCUT2D eigenvalue weighted by molar-refractivity contribution is 1.05. The third-order valence-electron chi connectivity index (χ3n) is 2.47. The minimum atomic E-state index is 0.860. The lowest BCUT2D eigenvalue weighted by atomic mass is 10.2. The Hall–Kier alpha value is -1.29. The minimum Gasteiger partial charge on any atom is -0.358 e. The van der Waals surface area contributed by atoms with Gasteiger partial charge in [-0.2, -0.15) is 0 Å². The fourth-order valence-corrected chi connectivity index (χ4v) is 1.90. The Balaban J connectivity index is 2.53. The second-order valence-electron chi connectivity index (χ2n) is 3.76. The summed E-state index contributed by atoms with van der Waals surface area (Å²) in [5, 5.41) is 3.09. The number of imidazole rings is 1. The van der Waals surface area contributed by atoms with Gasteiger partial charge in [-0.3, -0.25) is 4.57 Å². The molecule has 16 heavy (non-hydrogen) atoms. The predicted molar refractivity (Wildman–Crippen MR) is 70.3 cm³/mol. The van der Waals surface area contributed by atoms with Crippen LogP contribution < -0.4 is 5.32 Å². The predicted octanol–water partition coefficient (Wildman–Crippen LogP) is 3.29. The van der Waals surface area contributed by atoms with Gasteiger partial charge in [0, 0.05) is 23.4 Å². The Labute approximate surface area is 104 Å². The highest BCUT2D eigenvalue weighted by atomic mass is 79.9. The smallest absolute Gasteiger partial charge is 0.207 e. The molecule has 2 aromatic rings. The van der Waals surface area contributed by atoms with Crippen molar-refractivity contribution < 1.29 is 0 Å². The quantitative estimate of drug-likeness (QED) is 0.914. The van der Waals surface area contributed by atoms with Crippen LogP contribution in [-0.4, -0.2) is 16.6 Å². The average molecular weight is 280 g/mol. The van der Waals surface area contributed by atoms with Crippen LogP contribution in [0.2, 0.25) is 0 Å². The van der Waals surface area contributed by atoms with Crippen molar-refractivity contribution in [1.29, 1.82) is 0 Å². The molecular weight excluding hydrogens is 266 g/mol. The van der Waals surface area contributed by atoms with Crippen molar-refractivity contribution in [2.24, 2.45) is 0 Å². The number of hydrogen-bond acceptors (Lipinski definition) is 2. The van der Waals surface area contributed by atoms with Crippen molar-refractivity contribution in [1.82, 2.24) is 9.55 Å². The Morgan fingerprint density at radius 2 is 2.06 bits per heavy atom. The third kappa shape index (κ3) is 1.97. The van der Waals surface area contributed by atoms with Gasteiger partial charge >= 0.3 is 0 Å². The molecule has 0 aliphatic heterocycles. The molecule has 3 nitrogen and oxygen atoms in total. The van der Waals surface area contributed by atoms with Crippen molar-refractivity contribution in [3.63, 3.8) is 0 Å². The highest BCUT2D eigenvalue weighted by molar-refractivity contribution is 9.10. The molecule has 0 spiro atoms. The molecule has 0 amide bonds. The van der Waals surface area contributed by atoms with Crippen LogP contribution in [0, 0.1) is 13.8 Å². The Bertz CT molecular complexity index is 517. The number of aromatic nitrogens is 2. The molecule has 0 bridgehead atoms. The van der Waals surface area contributed by atoms with Gasteiger partial charge in [-0.05, 0) is 37.6 Å². The van der Waals surface area contributed by atoms with E-state index in [-0.39, 0.29) is 0 Å². The van der Waals surface area contributed by atoms with Crippen LogP contribution in [0.5, 0.6) is 0 Å². The molecule has 1 N–H and O–H groups in total. The van der Waals surface area contributed by atoms with Gasteiger partial charge in [0.1, 0.15) is 0 Å². The van der Waals surface area contributed by atoms with E-state index in [2.05, 4.69) is 55.9 Å². The maximum absolute atomic E-state index is 4.40. The first-order chi connectivity index (χ1) is 7.61. The summed E-state index contributed by atoms with van der Waals surface area (Å²) in [6.07, 6.45) is 2.02. The molecule has 4 heteroatoms. The Morgan fingerprint density at radius 3 is 2.69 bits per heavy atom. The van der Waals surface area contributed by atoms with Crippen LogP contribution in [0.4, 0.5) is 5.95 Å². The van der Waals surface area contributed by atoms with Gasteiger partial charge in [0.2, 0.25) is 5.95 Å². The van der Waals surface area contributed by atoms with Crippen LogP contribution in [0.15, 0.2) is 28.9 Å². The van der Waals surface area contributed by atoms with Crippen LogP contribution in [-0.2, 0) is 0 Å². The average Bonchev–Trinajstić information content (AvgIpc) is 2.63. The second-order valence-corrected chi connectivity index (χ2v) is 4.61. The molecule has 1 aromatic heterocycles. The zero-order valence-electron chi connectivity index (χ0n) is 9.58. The molecule has 84 valence electrons. The first-order valence-electron chi connectivity index (χ1n) is 5.12. The van der Waals surface area contributed by atoms with E-state index in [0.29, 0.717) is 0 Å². The SMILES string of the molecule is CNc1nc(C)cn1-c1ccc(Br)c(C)c1. The zero-order valence-corrected chi connectivity index (χ0v) is 11.2. The van der Waals surface area contributed by atoms with Crippen molar-refractivity contribution in [2.45, 2.75) is 13.8 Å². The standard InChI is InChI=1S/C12H14BrN3/c1-8-6-10(4-5-11(8)13)16-7-9(2)15-12(16)14-3/h4-7H,1-3H3,(H,14,15). The van der Waals surface area contributed by atoms with E-state index in [1.807, 2.05) is 20.2 Å². The fourth-order valence-electron chi connectivity index (χ4n) is 1.65. The van der Waals surface area contributed by atoms with Crippen LogP contribution in [0.1, 0.15) is 11.3 Å². The van der Waals surface area contributed by atoms with Gasteiger partial charge in [-0.1, -0.05) is 15.9 Å². The van der Waals surface area contributed by atoms with Crippen LogP contribution in [0.25, 0.3) is 5.69 Å². The molecule has 0 fully saturated rings. The molecule has 1 heterocycles. The summed E-state index contributed by atoms with van der Waals surface area (Å²) in [5.74, 6) is 0.860. The summed E-state index contributed by atoms with van der Waals surface area (Å²) >= 11 is 3.50. The van der Waals surface area contributed by atoms with Crippen molar-refractivity contribution in [3.8, 4) is 5.69 Å². The number of rotatable bonds is 2. The third-order valence-corrected chi connectivity index (χ3v) is 3.36. The first kappa shape index (κ1) is 11.2. The Kier molecular flexibility index (Phi) is 3.01. The number of aryl methyl sites for hydroxylation is 2. The summed E-state index contributed by atoms with van der Waals surface area (Å²) in [5.41, 5.74) is 3.33. The number of hydrogen-bond donors (Lipinski definition) is 1. The number of benzene rings is 1. The van der Waals surface area contributed by atoms with Crippen LogP contribution >= 0.6 is 15.9 Å². The van der Waals surface area contributed by atoms with E-state index in [1.54, 1.807) is 0 Å². The van der Waals surface area contributed by atoms with E-state index in [1.165, 1.54) is 5.56 Å². The lowest BCUT2D eigenvalue weighted by Gasteiger charge is -2.08. The van der Waals surface area contributed by atoms with Gasteiger partial charge in [-0.15, -0.1) is 0 Å². The molecule has 0 atom stereocenters. The largest absolute Gasteiger partial charge is 0.358 e. The van der Waals surface area contributed by atoms with E-state index in [0.717, 1.165) is 21.8 Å². The van der Waals surface area contributed by atoms with Gasteiger partial charge in [0.25, 0.3) is 0 Å². The van der Waals surface area contributed by atoms with Crippen molar-refractivity contribution in [2.75, 3.05) is 12.4 Å². The summed E-state index contributed by atoms with van der Waals surface area (Å²) in [4.78, 5) is 4.40. The maximum Gasteiger partial charge on any atom is 0.207 e. The second kappa shape index (κ2) is 4.29. The van der Waals surface area contributed by atoms with Crippen molar-refractivity contribution >= 4 is 21.9 Å². The summed E-state index contributed by atoms with van der Waals surface area (Å²) in [6, 6.07) is 6.25. The molecule has 0 aliphatic rings. The van der Waals surface area contributed by atoms with E-state index < -0.39 is 0 Å². The van der Waals surface area contributed by atoms with Gasteiger partial charge in [0.05, 0.1) is 5.69 Å². The summed E-state index contributed by atoms with van der Waals surface area (Å²) < 4.78 is 3.17. The molecule has 0 aliphatic carbocycles. The van der Waals surface area contributed by atoms with E-state index in [9.17, 15) is 0 Å². The van der Waals surface area contributed by atoms with E-state index in [4.69, 9.17) is 0 Å². The van der Waals surface area contributed by atoms with E-state index >= 15 is 0 Å². The highest BCUT2D eigenvalue weighted by Crippen LogP contribution is 2.22. The topological polar surface area (TPSA) is 29.9 Å². The lowest BCUT2D eigenvalue weighted by Crippen LogP contribution is -2.00. The van der Waals surface area contributed by atoms with Gasteiger partial charge in [-0.25, -0.2) is 4.98 Å². The molecule has 1 aromatic carbocycles. The summed E-state index contributed by atoms with van der Waals surface area (Å²) in [7, 11) is 1.88. The van der Waals surface area contributed by atoms with Crippen LogP contribution in [0.3, 0.4) is 0 Å². The van der Waals surface area contributed by atoms with Gasteiger partial charge in [0.15, 0.2) is 0 Å². The first-order valence-corrected chi connectivity index (χ1v) is 5.91.